The van der Waals surface area contributed by atoms with Gasteiger partial charge in [0.1, 0.15) is 36.4 Å². The van der Waals surface area contributed by atoms with Gasteiger partial charge in [-0.3, -0.25) is 29.4 Å². The number of nitrogens with zero attached hydrogens (tertiary/aromatic N) is 2. The molecule has 0 saturated carbocycles. The van der Waals surface area contributed by atoms with Crippen LogP contribution in [0.5, 0.6) is 0 Å². The summed E-state index contributed by atoms with van der Waals surface area (Å²) in [6.07, 6.45) is -2.88. The minimum atomic E-state index is -1.83. The molecule has 3 rings (SSSR count). The third kappa shape index (κ3) is 6.34. The van der Waals surface area contributed by atoms with Gasteiger partial charge in [0.25, 0.3) is 11.8 Å². The molecule has 7 N–H and O–H groups in total. The number of thioether (sulfide) groups is 1. The van der Waals surface area contributed by atoms with Gasteiger partial charge in [-0.15, -0.1) is 23.1 Å². The number of β-lactam (4-membered cyclic amide) rings is 1. The van der Waals surface area contributed by atoms with Crippen LogP contribution in [0, 0.1) is 0 Å². The average molecular weight is 560 g/mol. The van der Waals surface area contributed by atoms with Gasteiger partial charge in [0.05, 0.1) is 5.69 Å². The van der Waals surface area contributed by atoms with Crippen molar-refractivity contribution in [2.75, 3.05) is 24.3 Å². The van der Waals surface area contributed by atoms with E-state index in [2.05, 4.69) is 20.4 Å². The predicted molar refractivity (Wildman–Crippen MR) is 124 cm³/mol. The molecule has 0 bridgehead atoms. The number of nitrogens with two attached hydrogens (primary N) is 1. The van der Waals surface area contributed by atoms with Crippen molar-refractivity contribution in [3.8, 4) is 0 Å². The topological polar surface area (TPSA) is 248 Å². The zero-order chi connectivity index (χ0) is 27.4. The van der Waals surface area contributed by atoms with Crippen LogP contribution in [0.15, 0.2) is 16.7 Å². The largest absolute Gasteiger partial charge is 0.480 e. The van der Waals surface area contributed by atoms with Crippen molar-refractivity contribution in [1.82, 2.24) is 15.2 Å². The molecule has 3 heterocycles. The van der Waals surface area contributed by atoms with E-state index in [-0.39, 0.29) is 34.5 Å². The van der Waals surface area contributed by atoms with Crippen LogP contribution in [0.1, 0.15) is 18.7 Å². The maximum atomic E-state index is 12.7. The lowest BCUT2D eigenvalue weighted by Crippen LogP contribution is -2.71. The number of esters is 1. The first-order valence-electron chi connectivity index (χ1n) is 10.3. The van der Waals surface area contributed by atoms with E-state index >= 15 is 0 Å². The molecule has 1 saturated heterocycles. The van der Waals surface area contributed by atoms with Gasteiger partial charge < -0.3 is 35.8 Å². The van der Waals surface area contributed by atoms with E-state index in [0.29, 0.717) is 0 Å². The molecule has 0 aliphatic carbocycles. The van der Waals surface area contributed by atoms with Gasteiger partial charge in [-0.2, -0.15) is 0 Å². The van der Waals surface area contributed by atoms with Crippen molar-refractivity contribution >= 4 is 64.0 Å². The van der Waals surface area contributed by atoms with E-state index in [1.807, 2.05) is 0 Å². The lowest BCUT2D eigenvalue weighted by Gasteiger charge is -2.49. The Bertz CT molecular complexity index is 1170. The highest BCUT2D eigenvalue weighted by atomic mass is 32.2. The van der Waals surface area contributed by atoms with Crippen LogP contribution >= 0.6 is 23.1 Å². The Morgan fingerprint density at radius 1 is 1.27 bits per heavy atom. The second-order valence-corrected chi connectivity index (χ2v) is 9.54. The molecule has 200 valence electrons. The number of ether oxygens (including phenoxy) is 2. The molecule has 2 aliphatic heterocycles. The van der Waals surface area contributed by atoms with Gasteiger partial charge in [0, 0.05) is 23.6 Å². The zero-order valence-electron chi connectivity index (χ0n) is 18.9. The molecule has 0 aromatic carbocycles. The number of fused-ring (bicyclic) bond motifs is 1. The lowest BCUT2D eigenvalue weighted by atomic mass is 10.0. The lowest BCUT2D eigenvalue weighted by molar-refractivity contribution is -0.152. The van der Waals surface area contributed by atoms with Gasteiger partial charge in [-0.05, 0) is 0 Å². The predicted octanol–water partition coefficient (Wildman–Crippen LogP) is -1.56. The normalized spacial score (nSPS) is 20.2. The van der Waals surface area contributed by atoms with Crippen LogP contribution in [0.3, 0.4) is 0 Å². The molecule has 2 aliphatic rings. The number of carboxylic acid groups (broad SMARTS) is 2. The van der Waals surface area contributed by atoms with E-state index in [9.17, 15) is 39.0 Å². The summed E-state index contributed by atoms with van der Waals surface area (Å²) in [6.45, 7) is 0.271. The van der Waals surface area contributed by atoms with Crippen LogP contribution in [0.4, 0.5) is 9.93 Å². The molecule has 1 unspecified atom stereocenters. The van der Waals surface area contributed by atoms with Gasteiger partial charge in [0.15, 0.2) is 11.2 Å². The third-order valence-electron chi connectivity index (χ3n) is 4.97. The number of nitrogens with one attached hydrogen (secondary N) is 2. The van der Waals surface area contributed by atoms with E-state index in [1.54, 1.807) is 0 Å². The Labute approximate surface area is 215 Å². The summed E-state index contributed by atoms with van der Waals surface area (Å²) in [4.78, 5) is 75.2. The number of anilines is 1. The summed E-state index contributed by atoms with van der Waals surface area (Å²) in [5.74, 6) is -4.95. The highest BCUT2D eigenvalue weighted by Gasteiger charge is 2.54. The fourth-order valence-electron chi connectivity index (χ4n) is 3.18. The Kier molecular flexibility index (Phi) is 8.69. The smallest absolute Gasteiger partial charge is 0.413 e. The summed E-state index contributed by atoms with van der Waals surface area (Å²) in [5.41, 5.74) is 4.97. The number of carbonyl (C=O) groups is 6. The fourth-order valence-corrected chi connectivity index (χ4v) is 5.22. The van der Waals surface area contributed by atoms with Crippen LogP contribution < -0.4 is 16.4 Å². The van der Waals surface area contributed by atoms with E-state index in [0.717, 1.165) is 34.9 Å². The first-order chi connectivity index (χ1) is 17.4. The number of carbonyl (C=O) groups excluding carboxylic acids is 4. The van der Waals surface area contributed by atoms with Crippen LogP contribution in [0.2, 0.25) is 0 Å². The quantitative estimate of drug-likeness (QED) is 0.140. The summed E-state index contributed by atoms with van der Waals surface area (Å²) in [5, 5.41) is 33.6. The molecular weight excluding hydrogens is 538 g/mol. The second kappa shape index (κ2) is 11.5. The van der Waals surface area contributed by atoms with E-state index in [1.165, 1.54) is 5.38 Å². The molecule has 3 amide bonds. The number of aromatic nitrogens is 1. The summed E-state index contributed by atoms with van der Waals surface area (Å²) >= 11 is 1.98. The molecule has 0 radical (unpaired) electrons. The number of hydrogen-bond acceptors (Lipinski definition) is 13. The molecule has 1 aromatic heterocycles. The first kappa shape index (κ1) is 27.8. The Morgan fingerprint density at radius 3 is 2.59 bits per heavy atom. The monoisotopic (exact) mass is 559 g/mol. The van der Waals surface area contributed by atoms with Gasteiger partial charge in [-0.25, -0.2) is 14.6 Å². The van der Waals surface area contributed by atoms with E-state index < -0.39 is 66.0 Å². The highest BCUT2D eigenvalue weighted by molar-refractivity contribution is 8.00. The standard InChI is InChI=1S/C19H21N5O11S2/c1-6(25)34-2-7-4-36-15-10(14(28)24(15)11(7)17(31)32)22-13(27)12(26)9-5-37-18(21-9)23-19(33)35-3-8(20)16(29)30/h5,8,10,12,15,26H,2-4,20H2,1H3,(H,22,27)(H,29,30)(H,31,32)(H,21,23,33)/t8-,10-,12?,15-/m1/s1. The van der Waals surface area contributed by atoms with Gasteiger partial charge in [0.2, 0.25) is 0 Å². The molecule has 4 atom stereocenters. The van der Waals surface area contributed by atoms with Crippen molar-refractivity contribution < 1.29 is 53.6 Å². The average Bonchev–Trinajstić information content (AvgIpc) is 3.30. The maximum absolute atomic E-state index is 12.7. The Hall–Kier alpha value is -3.74. The number of thiazole rings is 1. The molecule has 16 nitrogen and oxygen atoms in total. The number of aliphatic hydroxyl groups excluding tert-OH is 1. The van der Waals surface area contributed by atoms with Crippen LogP contribution in [0.25, 0.3) is 0 Å². The zero-order valence-corrected chi connectivity index (χ0v) is 20.5. The molecule has 0 spiro atoms. The molecule has 37 heavy (non-hydrogen) atoms. The minimum absolute atomic E-state index is 0.0685. The summed E-state index contributed by atoms with van der Waals surface area (Å²) in [6, 6.07) is -2.54. The second-order valence-electron chi connectivity index (χ2n) is 7.58. The summed E-state index contributed by atoms with van der Waals surface area (Å²) in [7, 11) is 0. The van der Waals surface area contributed by atoms with Crippen molar-refractivity contribution in [2.45, 2.75) is 30.5 Å². The maximum Gasteiger partial charge on any atom is 0.413 e. The van der Waals surface area contributed by atoms with Crippen LogP contribution in [-0.4, -0.2) is 97.4 Å². The van der Waals surface area contributed by atoms with Crippen molar-refractivity contribution in [1.29, 1.82) is 0 Å². The molecular formula is C19H21N5O11S2. The molecule has 1 fully saturated rings. The minimum Gasteiger partial charge on any atom is -0.480 e. The number of rotatable bonds is 10. The first-order valence-corrected chi connectivity index (χ1v) is 12.2. The van der Waals surface area contributed by atoms with Gasteiger partial charge >= 0.3 is 24.0 Å². The Morgan fingerprint density at radius 2 is 1.97 bits per heavy atom. The number of hydrogen-bond donors (Lipinski definition) is 6. The number of carboxylic acids is 2. The van der Waals surface area contributed by atoms with Crippen molar-refractivity contribution in [2.24, 2.45) is 5.73 Å². The third-order valence-corrected chi connectivity index (χ3v) is 7.08. The van der Waals surface area contributed by atoms with Gasteiger partial charge in [-0.1, -0.05) is 0 Å². The molecule has 1 aromatic rings. The fraction of sp³-hybridized carbons (Fsp3) is 0.421. The van der Waals surface area contributed by atoms with Crippen molar-refractivity contribution in [3.05, 3.63) is 22.3 Å². The number of aliphatic carboxylic acids is 2. The number of amides is 3. The summed E-state index contributed by atoms with van der Waals surface area (Å²) < 4.78 is 9.49. The van der Waals surface area contributed by atoms with Crippen LogP contribution in [-0.2, 0) is 33.4 Å². The number of aliphatic hydroxyl groups is 1. The molecule has 18 heteroatoms. The van der Waals surface area contributed by atoms with E-state index in [4.69, 9.17) is 15.6 Å². The Balaban J connectivity index is 1.58. The SMILES string of the molecule is CC(=O)OCC1=C(C(=O)O)N2C(=O)[C@@H](NC(=O)C(O)c3csc(NC(=O)OC[C@@H](N)C(=O)O)n3)[C@H]2SC1. The van der Waals surface area contributed by atoms with Crippen molar-refractivity contribution in [3.63, 3.8) is 0 Å². The highest BCUT2D eigenvalue weighted by Crippen LogP contribution is 2.40.